The Bertz CT molecular complexity index is 238. The van der Waals surface area contributed by atoms with Gasteiger partial charge in [-0.2, -0.15) is 0 Å². The van der Waals surface area contributed by atoms with E-state index in [0.29, 0.717) is 19.5 Å². The smallest absolute Gasteiger partial charge is 0.220 e. The lowest BCUT2D eigenvalue weighted by atomic mass is 9.74. The molecule has 18 heavy (non-hydrogen) atoms. The van der Waals surface area contributed by atoms with E-state index < -0.39 is 0 Å². The third-order valence-corrected chi connectivity index (χ3v) is 4.02. The molecule has 0 spiro atoms. The predicted molar refractivity (Wildman–Crippen MR) is 73.1 cm³/mol. The van der Waals surface area contributed by atoms with Crippen LogP contribution in [0.15, 0.2) is 0 Å². The lowest BCUT2D eigenvalue weighted by Crippen LogP contribution is -2.41. The molecule has 4 N–H and O–H groups in total. The van der Waals surface area contributed by atoms with Gasteiger partial charge < -0.3 is 16.2 Å². The van der Waals surface area contributed by atoms with Gasteiger partial charge in [-0.15, -0.1) is 0 Å². The predicted octanol–water partition coefficient (Wildman–Crippen LogP) is 1.56. The fourth-order valence-corrected chi connectivity index (χ4v) is 2.67. The first kappa shape index (κ1) is 15.4. The summed E-state index contributed by atoms with van der Waals surface area (Å²) in [5.41, 5.74) is 5.36. The van der Waals surface area contributed by atoms with Crippen LogP contribution in [0.2, 0.25) is 0 Å². The second kappa shape index (κ2) is 8.48. The van der Waals surface area contributed by atoms with Gasteiger partial charge in [0.05, 0.1) is 6.61 Å². The minimum Gasteiger partial charge on any atom is -0.396 e. The number of nitrogens with one attached hydrogen (secondary N) is 1. The van der Waals surface area contributed by atoms with Crippen molar-refractivity contribution >= 4 is 5.91 Å². The second-order valence-corrected chi connectivity index (χ2v) is 5.59. The van der Waals surface area contributed by atoms with Crippen LogP contribution in [0.25, 0.3) is 0 Å². The van der Waals surface area contributed by atoms with E-state index in [1.54, 1.807) is 0 Å². The molecule has 0 aromatic rings. The summed E-state index contributed by atoms with van der Waals surface area (Å²) < 4.78 is 0. The molecular weight excluding hydrogens is 228 g/mol. The molecule has 0 saturated heterocycles. The van der Waals surface area contributed by atoms with Gasteiger partial charge in [0.25, 0.3) is 0 Å². The zero-order chi connectivity index (χ0) is 13.3. The minimum absolute atomic E-state index is 0.0504. The molecule has 1 saturated carbocycles. The summed E-state index contributed by atoms with van der Waals surface area (Å²) in [6, 6.07) is 0. The largest absolute Gasteiger partial charge is 0.396 e. The number of nitrogens with two attached hydrogens (primary N) is 1. The van der Waals surface area contributed by atoms with E-state index in [-0.39, 0.29) is 17.9 Å². The van der Waals surface area contributed by atoms with Crippen LogP contribution < -0.4 is 11.1 Å². The highest BCUT2D eigenvalue weighted by atomic mass is 16.3. The van der Waals surface area contributed by atoms with Gasteiger partial charge in [-0.1, -0.05) is 25.7 Å². The molecular formula is C14H28N2O2. The summed E-state index contributed by atoms with van der Waals surface area (Å²) >= 11 is 0. The van der Waals surface area contributed by atoms with Crippen LogP contribution >= 0.6 is 0 Å². The number of hydrogen-bond donors (Lipinski definition) is 3. The van der Waals surface area contributed by atoms with Gasteiger partial charge in [0.15, 0.2) is 0 Å². The number of carbonyl (C=O) groups excluding carboxylic acids is 1. The van der Waals surface area contributed by atoms with Crippen LogP contribution in [0.1, 0.15) is 57.8 Å². The molecule has 4 nitrogen and oxygen atoms in total. The van der Waals surface area contributed by atoms with Crippen molar-refractivity contribution in [1.82, 2.24) is 5.32 Å². The molecule has 0 radical (unpaired) electrons. The summed E-state index contributed by atoms with van der Waals surface area (Å²) in [7, 11) is 0. The summed E-state index contributed by atoms with van der Waals surface area (Å²) in [4.78, 5) is 11.7. The first-order valence-corrected chi connectivity index (χ1v) is 7.30. The average molecular weight is 256 g/mol. The third-order valence-electron chi connectivity index (χ3n) is 4.02. The van der Waals surface area contributed by atoms with Crippen molar-refractivity contribution < 1.29 is 9.90 Å². The lowest BCUT2D eigenvalue weighted by molar-refractivity contribution is -0.122. The zero-order valence-corrected chi connectivity index (χ0v) is 11.4. The second-order valence-electron chi connectivity index (χ2n) is 5.59. The zero-order valence-electron chi connectivity index (χ0n) is 11.4. The molecule has 0 atom stereocenters. The highest BCUT2D eigenvalue weighted by Crippen LogP contribution is 2.35. The molecule has 1 aliphatic rings. The maximum absolute atomic E-state index is 11.7. The summed E-state index contributed by atoms with van der Waals surface area (Å²) in [6.45, 7) is 1.54. The minimum atomic E-state index is -0.0504. The van der Waals surface area contributed by atoms with Gasteiger partial charge in [0, 0.05) is 18.4 Å². The molecule has 1 rings (SSSR count). The monoisotopic (exact) mass is 256 g/mol. The molecule has 1 fully saturated rings. The first-order valence-electron chi connectivity index (χ1n) is 7.30. The molecule has 0 bridgehead atoms. The van der Waals surface area contributed by atoms with Crippen molar-refractivity contribution in [1.29, 1.82) is 0 Å². The van der Waals surface area contributed by atoms with E-state index >= 15 is 0 Å². The van der Waals surface area contributed by atoms with E-state index in [4.69, 9.17) is 5.73 Å². The van der Waals surface area contributed by atoms with Gasteiger partial charge >= 0.3 is 0 Å². The van der Waals surface area contributed by atoms with Crippen LogP contribution in [-0.2, 0) is 4.79 Å². The maximum Gasteiger partial charge on any atom is 0.220 e. The van der Waals surface area contributed by atoms with Gasteiger partial charge in [0.1, 0.15) is 0 Å². The summed E-state index contributed by atoms with van der Waals surface area (Å²) in [5.74, 6) is 0.116. The number of carbonyl (C=O) groups is 1. The van der Waals surface area contributed by atoms with Crippen molar-refractivity contribution in [2.45, 2.75) is 57.8 Å². The SMILES string of the molecule is NCCCCCC(=O)NCC1(CO)CCCCC1. The fraction of sp³-hybridized carbons (Fsp3) is 0.929. The highest BCUT2D eigenvalue weighted by molar-refractivity contribution is 5.75. The van der Waals surface area contributed by atoms with Crippen molar-refractivity contribution in [3.8, 4) is 0 Å². The standard InChI is InChI=1S/C14H28N2O2/c15-10-6-1-3-7-13(18)16-11-14(12-17)8-4-2-5-9-14/h17H,1-12,15H2,(H,16,18). The Morgan fingerprint density at radius 1 is 1.17 bits per heavy atom. The van der Waals surface area contributed by atoms with E-state index in [1.807, 2.05) is 0 Å². The Morgan fingerprint density at radius 2 is 1.89 bits per heavy atom. The number of unbranched alkanes of at least 4 members (excludes halogenated alkanes) is 2. The number of aliphatic hydroxyl groups is 1. The average Bonchev–Trinajstić information content (AvgIpc) is 2.42. The summed E-state index contributed by atoms with van der Waals surface area (Å²) in [6.07, 6.45) is 9.20. The molecule has 0 heterocycles. The van der Waals surface area contributed by atoms with Gasteiger partial charge in [-0.05, 0) is 32.2 Å². The highest BCUT2D eigenvalue weighted by Gasteiger charge is 2.31. The lowest BCUT2D eigenvalue weighted by Gasteiger charge is -2.35. The van der Waals surface area contributed by atoms with E-state index in [1.165, 1.54) is 19.3 Å². The Hall–Kier alpha value is -0.610. The fourth-order valence-electron chi connectivity index (χ4n) is 2.67. The number of aliphatic hydroxyl groups excluding tert-OH is 1. The third kappa shape index (κ3) is 5.36. The van der Waals surface area contributed by atoms with Crippen molar-refractivity contribution in [2.24, 2.45) is 11.1 Å². The van der Waals surface area contributed by atoms with Crippen molar-refractivity contribution in [3.05, 3.63) is 0 Å². The quantitative estimate of drug-likeness (QED) is 0.577. The van der Waals surface area contributed by atoms with Gasteiger partial charge in [-0.25, -0.2) is 0 Å². The van der Waals surface area contributed by atoms with Crippen molar-refractivity contribution in [2.75, 3.05) is 19.7 Å². The first-order chi connectivity index (χ1) is 8.72. The molecule has 0 unspecified atom stereocenters. The normalized spacial score (nSPS) is 18.6. The Kier molecular flexibility index (Phi) is 7.28. The number of hydrogen-bond acceptors (Lipinski definition) is 3. The van der Waals surface area contributed by atoms with Crippen LogP contribution in [0.5, 0.6) is 0 Å². The van der Waals surface area contributed by atoms with E-state index in [9.17, 15) is 9.90 Å². The Morgan fingerprint density at radius 3 is 2.50 bits per heavy atom. The summed E-state index contributed by atoms with van der Waals surface area (Å²) in [5, 5.41) is 12.5. The van der Waals surface area contributed by atoms with E-state index in [0.717, 1.165) is 32.1 Å². The molecule has 0 aromatic heterocycles. The number of amides is 1. The topological polar surface area (TPSA) is 75.4 Å². The molecule has 0 aliphatic heterocycles. The number of rotatable bonds is 8. The molecule has 106 valence electrons. The van der Waals surface area contributed by atoms with Crippen molar-refractivity contribution in [3.63, 3.8) is 0 Å². The maximum atomic E-state index is 11.7. The molecule has 4 heteroatoms. The van der Waals surface area contributed by atoms with Gasteiger partial charge in [-0.3, -0.25) is 4.79 Å². The van der Waals surface area contributed by atoms with Crippen LogP contribution in [0.4, 0.5) is 0 Å². The Labute approximate surface area is 110 Å². The molecule has 1 amide bonds. The molecule has 0 aromatic carbocycles. The van der Waals surface area contributed by atoms with Crippen LogP contribution in [0, 0.1) is 5.41 Å². The van der Waals surface area contributed by atoms with Crippen LogP contribution in [-0.4, -0.2) is 30.7 Å². The Balaban J connectivity index is 2.19. The van der Waals surface area contributed by atoms with Gasteiger partial charge in [0.2, 0.25) is 5.91 Å². The van der Waals surface area contributed by atoms with Crippen LogP contribution in [0.3, 0.4) is 0 Å². The van der Waals surface area contributed by atoms with E-state index in [2.05, 4.69) is 5.32 Å². The molecule has 1 aliphatic carbocycles.